The second-order valence-electron chi connectivity index (χ2n) is 3.26. The number of aryl methyl sites for hydroxylation is 1. The van der Waals surface area contributed by atoms with E-state index in [9.17, 15) is 5.11 Å². The van der Waals surface area contributed by atoms with E-state index >= 15 is 0 Å². The molecule has 0 amide bonds. The molecule has 13 heavy (non-hydrogen) atoms. The normalized spacial score (nSPS) is 11.7. The van der Waals surface area contributed by atoms with Crippen molar-refractivity contribution in [2.24, 2.45) is 0 Å². The highest BCUT2D eigenvalue weighted by atomic mass is 16.3. The first-order valence-electron chi connectivity index (χ1n) is 4.62. The highest BCUT2D eigenvalue weighted by Crippen LogP contribution is 2.18. The Bertz CT molecular complexity index is 300. The fourth-order valence-electron chi connectivity index (χ4n) is 1.20. The molecule has 1 N–H and O–H groups in total. The summed E-state index contributed by atoms with van der Waals surface area (Å²) < 4.78 is 0. The molecule has 1 aromatic carbocycles. The van der Waals surface area contributed by atoms with Gasteiger partial charge in [-0.1, -0.05) is 29.8 Å². The molecule has 0 unspecified atom stereocenters. The van der Waals surface area contributed by atoms with Crippen molar-refractivity contribution in [2.75, 3.05) is 0 Å². The average Bonchev–Trinajstić information content (AvgIpc) is 2.16. The van der Waals surface area contributed by atoms with Crippen molar-refractivity contribution in [1.82, 2.24) is 0 Å². The van der Waals surface area contributed by atoms with Crippen molar-refractivity contribution in [1.29, 1.82) is 0 Å². The Hall–Kier alpha value is -1.24. The Morgan fingerprint density at radius 3 is 2.69 bits per heavy atom. The summed E-state index contributed by atoms with van der Waals surface area (Å²) in [5, 5.41) is 9.48. The van der Waals surface area contributed by atoms with Crippen LogP contribution in [0.5, 0.6) is 5.75 Å². The SMILES string of the molecule is C/C=C(\C)CCc1ccccc1O. The molecule has 1 rings (SSSR count). The second-order valence-corrected chi connectivity index (χ2v) is 3.26. The lowest BCUT2D eigenvalue weighted by molar-refractivity contribution is 0.468. The van der Waals surface area contributed by atoms with E-state index in [2.05, 4.69) is 13.0 Å². The van der Waals surface area contributed by atoms with Gasteiger partial charge in [0, 0.05) is 0 Å². The smallest absolute Gasteiger partial charge is 0.118 e. The van der Waals surface area contributed by atoms with E-state index in [1.165, 1.54) is 5.57 Å². The number of hydrogen-bond acceptors (Lipinski definition) is 1. The number of rotatable bonds is 3. The highest BCUT2D eigenvalue weighted by Gasteiger charge is 1.98. The lowest BCUT2D eigenvalue weighted by atomic mass is 10.0. The Labute approximate surface area is 79.7 Å². The van der Waals surface area contributed by atoms with Gasteiger partial charge in [-0.15, -0.1) is 0 Å². The van der Waals surface area contributed by atoms with Crippen LogP contribution in [-0.2, 0) is 6.42 Å². The molecule has 0 atom stereocenters. The first-order chi connectivity index (χ1) is 6.24. The minimum Gasteiger partial charge on any atom is -0.508 e. The van der Waals surface area contributed by atoms with Gasteiger partial charge in [0.1, 0.15) is 5.75 Å². The molecule has 70 valence electrons. The monoisotopic (exact) mass is 176 g/mol. The predicted molar refractivity (Wildman–Crippen MR) is 55.9 cm³/mol. The molecule has 0 heterocycles. The zero-order chi connectivity index (χ0) is 9.68. The lowest BCUT2D eigenvalue weighted by Crippen LogP contribution is -1.86. The number of phenolic OH excluding ortho intramolecular Hbond substituents is 1. The molecular weight excluding hydrogens is 160 g/mol. The maximum atomic E-state index is 9.48. The minimum absolute atomic E-state index is 0.409. The van der Waals surface area contributed by atoms with Crippen molar-refractivity contribution < 1.29 is 5.11 Å². The van der Waals surface area contributed by atoms with Gasteiger partial charge in [0.25, 0.3) is 0 Å². The van der Waals surface area contributed by atoms with Crippen molar-refractivity contribution in [3.63, 3.8) is 0 Å². The standard InChI is InChI=1S/C12H16O/c1-3-10(2)8-9-11-6-4-5-7-12(11)13/h3-7,13H,8-9H2,1-2H3/b10-3+. The van der Waals surface area contributed by atoms with Gasteiger partial charge in [-0.3, -0.25) is 0 Å². The third-order valence-electron chi connectivity index (χ3n) is 2.27. The van der Waals surface area contributed by atoms with E-state index in [0.29, 0.717) is 5.75 Å². The molecule has 1 aromatic rings. The van der Waals surface area contributed by atoms with E-state index in [1.807, 2.05) is 25.1 Å². The Kier molecular flexibility index (Phi) is 3.56. The number of allylic oxidation sites excluding steroid dienone is 2. The molecule has 0 radical (unpaired) electrons. The van der Waals surface area contributed by atoms with E-state index in [4.69, 9.17) is 0 Å². The van der Waals surface area contributed by atoms with Crippen LogP contribution in [0.3, 0.4) is 0 Å². The molecule has 0 spiro atoms. The first kappa shape index (κ1) is 9.85. The summed E-state index contributed by atoms with van der Waals surface area (Å²) in [6, 6.07) is 7.51. The second kappa shape index (κ2) is 4.70. The van der Waals surface area contributed by atoms with Crippen LogP contribution in [0.4, 0.5) is 0 Å². The zero-order valence-corrected chi connectivity index (χ0v) is 8.25. The Morgan fingerprint density at radius 1 is 1.38 bits per heavy atom. The topological polar surface area (TPSA) is 20.2 Å². The summed E-state index contributed by atoms with van der Waals surface area (Å²) in [6.45, 7) is 4.15. The molecule has 0 aliphatic heterocycles. The van der Waals surface area contributed by atoms with Crippen molar-refractivity contribution in [3.8, 4) is 5.75 Å². The summed E-state index contributed by atoms with van der Waals surface area (Å²) in [5.41, 5.74) is 2.40. The third-order valence-corrected chi connectivity index (χ3v) is 2.27. The van der Waals surface area contributed by atoms with Gasteiger partial charge >= 0.3 is 0 Å². The lowest BCUT2D eigenvalue weighted by Gasteiger charge is -2.03. The summed E-state index contributed by atoms with van der Waals surface area (Å²) in [4.78, 5) is 0. The fourth-order valence-corrected chi connectivity index (χ4v) is 1.20. The Balaban J connectivity index is 2.60. The van der Waals surface area contributed by atoms with Crippen LogP contribution in [0, 0.1) is 0 Å². The van der Waals surface area contributed by atoms with Crippen molar-refractivity contribution in [3.05, 3.63) is 41.5 Å². The van der Waals surface area contributed by atoms with Crippen LogP contribution < -0.4 is 0 Å². The van der Waals surface area contributed by atoms with E-state index in [0.717, 1.165) is 18.4 Å². The zero-order valence-electron chi connectivity index (χ0n) is 8.25. The fraction of sp³-hybridized carbons (Fsp3) is 0.333. The van der Waals surface area contributed by atoms with Crippen molar-refractivity contribution >= 4 is 0 Å². The molecule has 0 saturated carbocycles. The van der Waals surface area contributed by atoms with Gasteiger partial charge in [-0.2, -0.15) is 0 Å². The molecule has 1 heteroatoms. The summed E-state index contributed by atoms with van der Waals surface area (Å²) in [7, 11) is 0. The molecule has 0 aliphatic carbocycles. The van der Waals surface area contributed by atoms with Crippen LogP contribution in [0.1, 0.15) is 25.8 Å². The molecule has 0 bridgehead atoms. The Morgan fingerprint density at radius 2 is 2.08 bits per heavy atom. The summed E-state index contributed by atoms with van der Waals surface area (Å²) >= 11 is 0. The maximum absolute atomic E-state index is 9.48. The van der Waals surface area contributed by atoms with Crippen molar-refractivity contribution in [2.45, 2.75) is 26.7 Å². The number of para-hydroxylation sites is 1. The largest absolute Gasteiger partial charge is 0.508 e. The van der Waals surface area contributed by atoms with Gasteiger partial charge in [-0.05, 0) is 38.3 Å². The predicted octanol–water partition coefficient (Wildman–Crippen LogP) is 3.29. The maximum Gasteiger partial charge on any atom is 0.118 e. The molecule has 0 aromatic heterocycles. The molecule has 0 saturated heterocycles. The first-order valence-corrected chi connectivity index (χ1v) is 4.62. The van der Waals surface area contributed by atoms with Gasteiger partial charge in [0.15, 0.2) is 0 Å². The van der Waals surface area contributed by atoms with Crippen LogP contribution in [-0.4, -0.2) is 5.11 Å². The quantitative estimate of drug-likeness (QED) is 0.701. The number of aromatic hydroxyl groups is 1. The molecule has 1 nitrogen and oxygen atoms in total. The van der Waals surface area contributed by atoms with E-state index in [-0.39, 0.29) is 0 Å². The number of phenols is 1. The molecular formula is C12H16O. The molecule has 0 aliphatic rings. The van der Waals surface area contributed by atoms with Gasteiger partial charge < -0.3 is 5.11 Å². The number of benzene rings is 1. The summed E-state index contributed by atoms with van der Waals surface area (Å²) in [5.74, 6) is 0.409. The average molecular weight is 176 g/mol. The van der Waals surface area contributed by atoms with Gasteiger partial charge in [0.2, 0.25) is 0 Å². The third kappa shape index (κ3) is 2.94. The summed E-state index contributed by atoms with van der Waals surface area (Å²) in [6.07, 6.45) is 4.05. The molecule has 0 fully saturated rings. The highest BCUT2D eigenvalue weighted by molar-refractivity contribution is 5.32. The van der Waals surface area contributed by atoms with Crippen LogP contribution in [0.15, 0.2) is 35.9 Å². The van der Waals surface area contributed by atoms with Crippen LogP contribution in [0.25, 0.3) is 0 Å². The number of hydrogen-bond donors (Lipinski definition) is 1. The van der Waals surface area contributed by atoms with Gasteiger partial charge in [0.05, 0.1) is 0 Å². The minimum atomic E-state index is 0.409. The van der Waals surface area contributed by atoms with Gasteiger partial charge in [-0.25, -0.2) is 0 Å². The van der Waals surface area contributed by atoms with Crippen LogP contribution in [0.2, 0.25) is 0 Å². The van der Waals surface area contributed by atoms with Crippen LogP contribution >= 0.6 is 0 Å². The van der Waals surface area contributed by atoms with E-state index in [1.54, 1.807) is 6.07 Å². The van der Waals surface area contributed by atoms with E-state index < -0.39 is 0 Å².